The lowest BCUT2D eigenvalue weighted by molar-refractivity contribution is 1.41. The molecule has 14 heavy (non-hydrogen) atoms. The highest BCUT2D eigenvalue weighted by Gasteiger charge is 2.00. The monoisotopic (exact) mass is 183 g/mol. The predicted molar refractivity (Wildman–Crippen MR) is 57.5 cm³/mol. The Kier molecular flexibility index (Phi) is 2.09. The zero-order valence-electron chi connectivity index (χ0n) is 7.81. The molecule has 0 bridgehead atoms. The van der Waals surface area contributed by atoms with Gasteiger partial charge in [-0.05, 0) is 28.8 Å². The van der Waals surface area contributed by atoms with Crippen LogP contribution in [0.3, 0.4) is 0 Å². The molecular formula is C11H9N3. The third-order valence-corrected chi connectivity index (χ3v) is 2.25. The van der Waals surface area contributed by atoms with Crippen molar-refractivity contribution in [2.24, 2.45) is 5.11 Å². The summed E-state index contributed by atoms with van der Waals surface area (Å²) in [6.45, 7) is 1.94. The summed E-state index contributed by atoms with van der Waals surface area (Å²) < 4.78 is 0. The topological polar surface area (TPSA) is 48.8 Å². The summed E-state index contributed by atoms with van der Waals surface area (Å²) in [4.78, 5) is 2.84. The third-order valence-electron chi connectivity index (χ3n) is 2.25. The lowest BCUT2D eigenvalue weighted by Crippen LogP contribution is -1.77. The van der Waals surface area contributed by atoms with Crippen LogP contribution in [0.15, 0.2) is 41.5 Å². The van der Waals surface area contributed by atoms with E-state index in [1.807, 2.05) is 43.3 Å². The van der Waals surface area contributed by atoms with Crippen molar-refractivity contribution in [2.45, 2.75) is 6.92 Å². The van der Waals surface area contributed by atoms with E-state index >= 15 is 0 Å². The molecule has 2 aromatic carbocycles. The Morgan fingerprint density at radius 3 is 2.71 bits per heavy atom. The summed E-state index contributed by atoms with van der Waals surface area (Å²) in [6.07, 6.45) is 0. The van der Waals surface area contributed by atoms with Gasteiger partial charge >= 0.3 is 0 Å². The molecule has 0 aromatic heterocycles. The van der Waals surface area contributed by atoms with Gasteiger partial charge < -0.3 is 0 Å². The van der Waals surface area contributed by atoms with Gasteiger partial charge in [0.25, 0.3) is 0 Å². The van der Waals surface area contributed by atoms with Gasteiger partial charge in [-0.25, -0.2) is 0 Å². The first-order chi connectivity index (χ1) is 6.83. The first kappa shape index (κ1) is 8.60. The molecular weight excluding hydrogens is 174 g/mol. The second-order valence-electron chi connectivity index (χ2n) is 3.14. The molecule has 0 aliphatic heterocycles. The number of nitrogens with zero attached hydrogens (tertiary/aromatic N) is 3. The minimum Gasteiger partial charge on any atom is -0.0616 e. The fraction of sp³-hybridized carbons (Fsp3) is 0.0909. The molecule has 0 saturated carbocycles. The van der Waals surface area contributed by atoms with Crippen LogP contribution in [0.1, 0.15) is 5.56 Å². The van der Waals surface area contributed by atoms with Crippen LogP contribution in [0.25, 0.3) is 21.2 Å². The van der Waals surface area contributed by atoms with Crippen LogP contribution >= 0.6 is 0 Å². The van der Waals surface area contributed by atoms with E-state index < -0.39 is 0 Å². The van der Waals surface area contributed by atoms with Crippen LogP contribution in [0.5, 0.6) is 0 Å². The lowest BCUT2D eigenvalue weighted by Gasteiger charge is -2.03. The largest absolute Gasteiger partial charge is 0.0616 e. The summed E-state index contributed by atoms with van der Waals surface area (Å²) in [5.41, 5.74) is 10.2. The van der Waals surface area contributed by atoms with E-state index in [-0.39, 0.29) is 0 Å². The standard InChI is InChI=1S/C11H9N3/c1-8-6-7-9-4-2-3-5-10(9)11(8)13-14-12/h2-7H,1H3. The Morgan fingerprint density at radius 2 is 1.93 bits per heavy atom. The molecule has 0 atom stereocenters. The third kappa shape index (κ3) is 1.30. The number of hydrogen-bond acceptors (Lipinski definition) is 1. The van der Waals surface area contributed by atoms with Crippen molar-refractivity contribution in [3.8, 4) is 0 Å². The minimum absolute atomic E-state index is 0.727. The molecule has 0 aliphatic rings. The summed E-state index contributed by atoms with van der Waals surface area (Å²) in [5.74, 6) is 0. The van der Waals surface area contributed by atoms with E-state index in [0.29, 0.717) is 0 Å². The van der Waals surface area contributed by atoms with Crippen LogP contribution in [0.4, 0.5) is 5.69 Å². The van der Waals surface area contributed by atoms with Gasteiger partial charge in [-0.2, -0.15) is 0 Å². The lowest BCUT2D eigenvalue weighted by atomic mass is 10.1. The van der Waals surface area contributed by atoms with Gasteiger partial charge in [-0.1, -0.05) is 41.5 Å². The Labute approximate surface area is 81.6 Å². The number of fused-ring (bicyclic) bond motifs is 1. The van der Waals surface area contributed by atoms with Gasteiger partial charge in [0.1, 0.15) is 0 Å². The van der Waals surface area contributed by atoms with Crippen LogP contribution in [-0.4, -0.2) is 0 Å². The first-order valence-electron chi connectivity index (χ1n) is 4.36. The average molecular weight is 183 g/mol. The number of hydrogen-bond donors (Lipinski definition) is 0. The van der Waals surface area contributed by atoms with Crippen molar-refractivity contribution in [3.05, 3.63) is 52.4 Å². The van der Waals surface area contributed by atoms with Crippen molar-refractivity contribution in [2.75, 3.05) is 0 Å². The van der Waals surface area contributed by atoms with Crippen LogP contribution in [-0.2, 0) is 0 Å². The molecule has 0 fully saturated rings. The van der Waals surface area contributed by atoms with E-state index in [9.17, 15) is 0 Å². The van der Waals surface area contributed by atoms with E-state index in [2.05, 4.69) is 10.0 Å². The molecule has 0 aliphatic carbocycles. The minimum atomic E-state index is 0.727. The molecule has 0 spiro atoms. The van der Waals surface area contributed by atoms with E-state index in [4.69, 9.17) is 5.53 Å². The number of azide groups is 1. The molecule has 0 radical (unpaired) electrons. The SMILES string of the molecule is Cc1ccc2ccccc2c1N=[N+]=[N-]. The molecule has 0 amide bonds. The predicted octanol–water partition coefficient (Wildman–Crippen LogP) is 4.09. The van der Waals surface area contributed by atoms with Crippen molar-refractivity contribution < 1.29 is 0 Å². The summed E-state index contributed by atoms with van der Waals surface area (Å²) in [6, 6.07) is 11.9. The van der Waals surface area contributed by atoms with Crippen LogP contribution < -0.4 is 0 Å². The van der Waals surface area contributed by atoms with Gasteiger partial charge in [0.2, 0.25) is 0 Å². The second-order valence-corrected chi connectivity index (χ2v) is 3.14. The smallest absolute Gasteiger partial charge is 0.0482 e. The van der Waals surface area contributed by atoms with E-state index in [0.717, 1.165) is 22.0 Å². The molecule has 0 heterocycles. The van der Waals surface area contributed by atoms with Crippen molar-refractivity contribution in [1.82, 2.24) is 0 Å². The number of benzene rings is 2. The maximum atomic E-state index is 8.46. The highest BCUT2D eigenvalue weighted by molar-refractivity contribution is 5.93. The number of rotatable bonds is 1. The van der Waals surface area contributed by atoms with Crippen LogP contribution in [0, 0.1) is 6.92 Å². The maximum Gasteiger partial charge on any atom is 0.0482 e. The zero-order chi connectivity index (χ0) is 9.97. The highest BCUT2D eigenvalue weighted by Crippen LogP contribution is 2.29. The molecule has 0 saturated heterocycles. The summed E-state index contributed by atoms with van der Waals surface area (Å²) in [7, 11) is 0. The van der Waals surface area contributed by atoms with Gasteiger partial charge in [0.05, 0.1) is 0 Å². The molecule has 0 N–H and O–H groups in total. The zero-order valence-corrected chi connectivity index (χ0v) is 7.81. The molecule has 0 unspecified atom stereocenters. The Bertz CT molecular complexity index is 525. The van der Waals surface area contributed by atoms with Gasteiger partial charge in [-0.15, -0.1) is 0 Å². The Hall–Kier alpha value is -1.99. The van der Waals surface area contributed by atoms with E-state index in [1.54, 1.807) is 0 Å². The van der Waals surface area contributed by atoms with Gasteiger partial charge in [-0.3, -0.25) is 0 Å². The van der Waals surface area contributed by atoms with Gasteiger partial charge in [0.15, 0.2) is 0 Å². The molecule has 68 valence electrons. The molecule has 3 heteroatoms. The van der Waals surface area contributed by atoms with Gasteiger partial charge in [0, 0.05) is 10.6 Å². The molecule has 3 nitrogen and oxygen atoms in total. The Morgan fingerprint density at radius 1 is 1.14 bits per heavy atom. The van der Waals surface area contributed by atoms with Crippen LogP contribution in [0.2, 0.25) is 0 Å². The summed E-state index contributed by atoms with van der Waals surface area (Å²) in [5, 5.41) is 5.82. The average Bonchev–Trinajstić information content (AvgIpc) is 2.23. The van der Waals surface area contributed by atoms with Crippen molar-refractivity contribution in [1.29, 1.82) is 0 Å². The van der Waals surface area contributed by atoms with Crippen molar-refractivity contribution >= 4 is 16.5 Å². The highest BCUT2D eigenvalue weighted by atomic mass is 15.1. The Balaban J connectivity index is 2.89. The van der Waals surface area contributed by atoms with E-state index in [1.165, 1.54) is 0 Å². The fourth-order valence-electron chi connectivity index (χ4n) is 1.54. The van der Waals surface area contributed by atoms with Crippen molar-refractivity contribution in [3.63, 3.8) is 0 Å². The molecule has 2 rings (SSSR count). The summed E-state index contributed by atoms with van der Waals surface area (Å²) >= 11 is 0. The quantitative estimate of drug-likeness (QED) is 0.363. The fourth-order valence-corrected chi connectivity index (χ4v) is 1.54. The first-order valence-corrected chi connectivity index (χ1v) is 4.36. The maximum absolute atomic E-state index is 8.46. The normalized spacial score (nSPS) is 9.79. The second kappa shape index (κ2) is 3.40. The molecule has 2 aromatic rings. The number of aryl methyl sites for hydroxylation is 1.